The molecule has 2 aromatic rings. The van der Waals surface area contributed by atoms with Crippen LogP contribution in [0.2, 0.25) is 0 Å². The van der Waals surface area contributed by atoms with E-state index in [1.54, 1.807) is 0 Å². The molecular formula is C17H20N2. The molecule has 3 rings (SSSR count). The number of nitrogens with zero attached hydrogens (tertiary/aromatic N) is 1. The third kappa shape index (κ3) is 2.43. The number of nitrogen functional groups attached to an aromatic ring is 1. The maximum atomic E-state index is 5.90. The van der Waals surface area contributed by atoms with Crippen molar-refractivity contribution in [1.29, 1.82) is 0 Å². The zero-order valence-corrected chi connectivity index (χ0v) is 11.6. The molecule has 0 saturated heterocycles. The Kier molecular flexibility index (Phi) is 2.94. The molecule has 2 nitrogen and oxygen atoms in total. The van der Waals surface area contributed by atoms with E-state index in [1.165, 1.54) is 27.9 Å². The van der Waals surface area contributed by atoms with Gasteiger partial charge in [-0.25, -0.2) is 0 Å². The first-order chi connectivity index (χ1) is 9.11. The third-order valence-electron chi connectivity index (χ3n) is 3.81. The number of hydrogen-bond donors (Lipinski definition) is 1. The van der Waals surface area contributed by atoms with Gasteiger partial charge in [-0.05, 0) is 66.8 Å². The SMILES string of the molecule is Cc1cc(C)cc(N2CCc3ccc(N)cc3C2)c1. The largest absolute Gasteiger partial charge is 0.399 e. The van der Waals surface area contributed by atoms with Crippen LogP contribution in [-0.2, 0) is 13.0 Å². The Labute approximate surface area is 114 Å². The molecule has 0 fully saturated rings. The maximum Gasteiger partial charge on any atom is 0.0433 e. The summed E-state index contributed by atoms with van der Waals surface area (Å²) in [7, 11) is 0. The molecule has 98 valence electrons. The predicted molar refractivity (Wildman–Crippen MR) is 81.5 cm³/mol. The van der Waals surface area contributed by atoms with Crippen molar-refractivity contribution >= 4 is 11.4 Å². The molecule has 0 amide bonds. The number of hydrogen-bond acceptors (Lipinski definition) is 2. The number of fused-ring (bicyclic) bond motifs is 1. The monoisotopic (exact) mass is 252 g/mol. The Bertz CT molecular complexity index is 596. The van der Waals surface area contributed by atoms with Crippen LogP contribution in [0, 0.1) is 13.8 Å². The summed E-state index contributed by atoms with van der Waals surface area (Å²) in [6, 6.07) is 13.0. The number of nitrogens with two attached hydrogens (primary N) is 1. The highest BCUT2D eigenvalue weighted by Crippen LogP contribution is 2.27. The topological polar surface area (TPSA) is 29.3 Å². The number of rotatable bonds is 1. The van der Waals surface area contributed by atoms with Gasteiger partial charge in [0, 0.05) is 24.5 Å². The molecule has 2 heteroatoms. The molecule has 0 aromatic heterocycles. The molecule has 0 unspecified atom stereocenters. The van der Waals surface area contributed by atoms with Crippen molar-refractivity contribution in [2.45, 2.75) is 26.8 Å². The molecule has 0 radical (unpaired) electrons. The van der Waals surface area contributed by atoms with E-state index in [1.807, 2.05) is 6.07 Å². The summed E-state index contributed by atoms with van der Waals surface area (Å²) in [5.74, 6) is 0. The standard InChI is InChI=1S/C17H20N2/c1-12-7-13(2)9-17(8-12)19-6-5-14-3-4-16(18)10-15(14)11-19/h3-4,7-10H,5-6,11,18H2,1-2H3. The van der Waals surface area contributed by atoms with Gasteiger partial charge in [-0.3, -0.25) is 0 Å². The lowest BCUT2D eigenvalue weighted by Crippen LogP contribution is -2.30. The number of anilines is 2. The van der Waals surface area contributed by atoms with E-state index in [9.17, 15) is 0 Å². The Balaban J connectivity index is 1.92. The summed E-state index contributed by atoms with van der Waals surface area (Å²) in [5.41, 5.74) is 13.5. The molecule has 19 heavy (non-hydrogen) atoms. The normalized spacial score (nSPS) is 14.3. The summed E-state index contributed by atoms with van der Waals surface area (Å²) in [6.07, 6.45) is 1.10. The fourth-order valence-electron chi connectivity index (χ4n) is 2.93. The van der Waals surface area contributed by atoms with Gasteiger partial charge < -0.3 is 10.6 Å². The van der Waals surface area contributed by atoms with E-state index in [2.05, 4.69) is 49.1 Å². The second-order valence-corrected chi connectivity index (χ2v) is 5.55. The first-order valence-electron chi connectivity index (χ1n) is 6.82. The summed E-state index contributed by atoms with van der Waals surface area (Å²) in [5, 5.41) is 0. The van der Waals surface area contributed by atoms with Crippen molar-refractivity contribution in [2.75, 3.05) is 17.2 Å². The first-order valence-corrected chi connectivity index (χ1v) is 6.82. The van der Waals surface area contributed by atoms with E-state index < -0.39 is 0 Å². The minimum atomic E-state index is 0.862. The van der Waals surface area contributed by atoms with Gasteiger partial charge in [0.15, 0.2) is 0 Å². The smallest absolute Gasteiger partial charge is 0.0433 e. The lowest BCUT2D eigenvalue weighted by Gasteiger charge is -2.31. The fourth-order valence-corrected chi connectivity index (χ4v) is 2.93. The van der Waals surface area contributed by atoms with Crippen LogP contribution < -0.4 is 10.6 Å². The molecule has 0 aliphatic carbocycles. The lowest BCUT2D eigenvalue weighted by molar-refractivity contribution is 0.731. The second kappa shape index (κ2) is 4.61. The van der Waals surface area contributed by atoms with Crippen LogP contribution in [0.25, 0.3) is 0 Å². The second-order valence-electron chi connectivity index (χ2n) is 5.55. The van der Waals surface area contributed by atoms with Gasteiger partial charge in [-0.15, -0.1) is 0 Å². The number of benzene rings is 2. The highest BCUT2D eigenvalue weighted by molar-refractivity contribution is 5.55. The summed E-state index contributed by atoms with van der Waals surface area (Å²) < 4.78 is 0. The van der Waals surface area contributed by atoms with Crippen molar-refractivity contribution in [3.8, 4) is 0 Å². The molecule has 1 heterocycles. The highest BCUT2D eigenvalue weighted by Gasteiger charge is 2.16. The zero-order chi connectivity index (χ0) is 13.4. The van der Waals surface area contributed by atoms with Gasteiger partial charge in [-0.1, -0.05) is 12.1 Å². The van der Waals surface area contributed by atoms with Crippen molar-refractivity contribution in [2.24, 2.45) is 0 Å². The van der Waals surface area contributed by atoms with Crippen molar-refractivity contribution in [3.05, 3.63) is 58.7 Å². The summed E-state index contributed by atoms with van der Waals surface area (Å²) in [4.78, 5) is 2.45. The molecule has 2 N–H and O–H groups in total. The maximum absolute atomic E-state index is 5.90. The molecule has 0 bridgehead atoms. The zero-order valence-electron chi connectivity index (χ0n) is 11.6. The third-order valence-corrected chi connectivity index (χ3v) is 3.81. The molecule has 2 aromatic carbocycles. The minimum absolute atomic E-state index is 0.862. The lowest BCUT2D eigenvalue weighted by atomic mass is 9.98. The van der Waals surface area contributed by atoms with Gasteiger partial charge in [0.25, 0.3) is 0 Å². The van der Waals surface area contributed by atoms with Crippen LogP contribution in [0.1, 0.15) is 22.3 Å². The van der Waals surface area contributed by atoms with Gasteiger partial charge in [0.2, 0.25) is 0 Å². The van der Waals surface area contributed by atoms with Gasteiger partial charge in [-0.2, -0.15) is 0 Å². The molecule has 0 atom stereocenters. The van der Waals surface area contributed by atoms with E-state index >= 15 is 0 Å². The quantitative estimate of drug-likeness (QED) is 0.788. The van der Waals surface area contributed by atoms with Crippen LogP contribution >= 0.6 is 0 Å². The van der Waals surface area contributed by atoms with E-state index in [-0.39, 0.29) is 0 Å². The summed E-state index contributed by atoms with van der Waals surface area (Å²) in [6.45, 7) is 6.36. The van der Waals surface area contributed by atoms with Crippen LogP contribution in [-0.4, -0.2) is 6.54 Å². The van der Waals surface area contributed by atoms with Crippen LogP contribution in [0.3, 0.4) is 0 Å². The van der Waals surface area contributed by atoms with Gasteiger partial charge in [0.05, 0.1) is 0 Å². The average Bonchev–Trinajstić information content (AvgIpc) is 2.36. The molecular weight excluding hydrogens is 232 g/mol. The van der Waals surface area contributed by atoms with E-state index in [4.69, 9.17) is 5.73 Å². The van der Waals surface area contributed by atoms with E-state index in [0.717, 1.165) is 25.2 Å². The highest BCUT2D eigenvalue weighted by atomic mass is 15.1. The van der Waals surface area contributed by atoms with Crippen molar-refractivity contribution in [1.82, 2.24) is 0 Å². The van der Waals surface area contributed by atoms with Crippen LogP contribution in [0.4, 0.5) is 11.4 Å². The minimum Gasteiger partial charge on any atom is -0.399 e. The molecule has 1 aliphatic heterocycles. The Morgan fingerprint density at radius 2 is 1.68 bits per heavy atom. The first kappa shape index (κ1) is 12.1. The molecule has 1 aliphatic rings. The Morgan fingerprint density at radius 3 is 2.42 bits per heavy atom. The molecule has 0 saturated carbocycles. The van der Waals surface area contributed by atoms with Crippen molar-refractivity contribution in [3.63, 3.8) is 0 Å². The molecule has 0 spiro atoms. The summed E-state index contributed by atoms with van der Waals surface area (Å²) >= 11 is 0. The van der Waals surface area contributed by atoms with Crippen molar-refractivity contribution < 1.29 is 0 Å². The van der Waals surface area contributed by atoms with Crippen LogP contribution in [0.15, 0.2) is 36.4 Å². The van der Waals surface area contributed by atoms with E-state index in [0.29, 0.717) is 0 Å². The predicted octanol–water partition coefficient (Wildman–Crippen LogP) is 3.45. The Morgan fingerprint density at radius 1 is 0.947 bits per heavy atom. The van der Waals surface area contributed by atoms with Gasteiger partial charge >= 0.3 is 0 Å². The van der Waals surface area contributed by atoms with Gasteiger partial charge in [0.1, 0.15) is 0 Å². The van der Waals surface area contributed by atoms with Crippen LogP contribution in [0.5, 0.6) is 0 Å². The Hall–Kier alpha value is -1.96. The number of aryl methyl sites for hydroxylation is 2. The fraction of sp³-hybridized carbons (Fsp3) is 0.294. The average molecular weight is 252 g/mol.